The summed E-state index contributed by atoms with van der Waals surface area (Å²) in [6, 6.07) is 6.61. The second kappa shape index (κ2) is 6.31. The molecule has 21 heavy (non-hydrogen) atoms. The van der Waals surface area contributed by atoms with Crippen molar-refractivity contribution in [2.45, 2.75) is 60.0 Å². The minimum Gasteiger partial charge on any atom is -0.292 e. The lowest BCUT2D eigenvalue weighted by Crippen LogP contribution is -2.52. The predicted octanol–water partition coefficient (Wildman–Crippen LogP) is 4.24. The van der Waals surface area contributed by atoms with Crippen molar-refractivity contribution in [2.24, 2.45) is 11.8 Å². The van der Waals surface area contributed by atoms with E-state index in [1.165, 1.54) is 6.42 Å². The highest BCUT2D eigenvalue weighted by molar-refractivity contribution is 6.01. The van der Waals surface area contributed by atoms with Crippen LogP contribution in [0.15, 0.2) is 18.2 Å². The first-order valence-corrected chi connectivity index (χ1v) is 8.18. The van der Waals surface area contributed by atoms with Crippen molar-refractivity contribution in [2.75, 3.05) is 6.54 Å². The zero-order valence-electron chi connectivity index (χ0n) is 14.3. The van der Waals surface area contributed by atoms with Gasteiger partial charge in [-0.05, 0) is 57.6 Å². The number of carbonyl (C=O) groups is 1. The van der Waals surface area contributed by atoms with Crippen molar-refractivity contribution < 1.29 is 4.79 Å². The fraction of sp³-hybridized carbons (Fsp3) is 0.632. The standard InChI is InChI=1S/C19H29NO/c1-12-7-8-14(3)18(10-12)19(21)17(6)20-11-13(2)9-15(4)16(20)5/h7-8,10,13,15-17H,9,11H2,1-6H3. The molecule has 0 radical (unpaired) electrons. The minimum atomic E-state index is -0.0364. The lowest BCUT2D eigenvalue weighted by molar-refractivity contribution is 0.0405. The van der Waals surface area contributed by atoms with E-state index in [1.54, 1.807) is 0 Å². The topological polar surface area (TPSA) is 20.3 Å². The summed E-state index contributed by atoms with van der Waals surface area (Å²) in [5, 5.41) is 0. The number of nitrogens with zero attached hydrogens (tertiary/aromatic N) is 1. The lowest BCUT2D eigenvalue weighted by Gasteiger charge is -2.44. The maximum atomic E-state index is 12.9. The van der Waals surface area contributed by atoms with Gasteiger partial charge in [-0.3, -0.25) is 9.69 Å². The van der Waals surface area contributed by atoms with E-state index in [4.69, 9.17) is 0 Å². The number of Topliss-reactive ketones (excluding diaryl/α,β-unsaturated/α-hetero) is 1. The molecule has 4 atom stereocenters. The molecule has 2 nitrogen and oxygen atoms in total. The summed E-state index contributed by atoms with van der Waals surface area (Å²) in [6.07, 6.45) is 1.27. The Hall–Kier alpha value is -1.15. The Bertz CT molecular complexity index is 522. The van der Waals surface area contributed by atoms with E-state index < -0.39 is 0 Å². The van der Waals surface area contributed by atoms with Crippen molar-refractivity contribution in [3.05, 3.63) is 34.9 Å². The molecule has 0 aromatic heterocycles. The highest BCUT2D eigenvalue weighted by Gasteiger charge is 2.34. The first-order chi connectivity index (χ1) is 9.81. The van der Waals surface area contributed by atoms with Crippen molar-refractivity contribution in [1.29, 1.82) is 0 Å². The zero-order chi connectivity index (χ0) is 15.7. The van der Waals surface area contributed by atoms with Crippen molar-refractivity contribution >= 4 is 5.78 Å². The number of likely N-dealkylation sites (tertiary alicyclic amines) is 1. The molecule has 1 aromatic rings. The van der Waals surface area contributed by atoms with Crippen LogP contribution < -0.4 is 0 Å². The molecule has 0 amide bonds. The summed E-state index contributed by atoms with van der Waals surface area (Å²) in [4.78, 5) is 15.3. The maximum Gasteiger partial charge on any atom is 0.179 e. The summed E-state index contributed by atoms with van der Waals surface area (Å²) >= 11 is 0. The van der Waals surface area contributed by atoms with Gasteiger partial charge in [-0.15, -0.1) is 0 Å². The van der Waals surface area contributed by atoms with E-state index in [0.717, 1.165) is 23.2 Å². The molecular formula is C19H29NO. The van der Waals surface area contributed by atoms with Gasteiger partial charge < -0.3 is 0 Å². The number of ketones is 1. The van der Waals surface area contributed by atoms with Crippen LogP contribution in [0.2, 0.25) is 0 Å². The second-order valence-electron chi connectivity index (χ2n) is 7.11. The minimum absolute atomic E-state index is 0.0364. The molecular weight excluding hydrogens is 258 g/mol. The van der Waals surface area contributed by atoms with Gasteiger partial charge in [0, 0.05) is 18.2 Å². The maximum absolute atomic E-state index is 12.9. The third kappa shape index (κ3) is 3.37. The van der Waals surface area contributed by atoms with Crippen LogP contribution in [0.25, 0.3) is 0 Å². The number of hydrogen-bond donors (Lipinski definition) is 0. The number of aryl methyl sites for hydroxylation is 2. The Labute approximate surface area is 129 Å². The number of piperidine rings is 1. The SMILES string of the molecule is Cc1ccc(C)c(C(=O)C(C)N2CC(C)CC(C)C2C)c1. The van der Waals surface area contributed by atoms with E-state index in [0.29, 0.717) is 17.9 Å². The highest BCUT2D eigenvalue weighted by Crippen LogP contribution is 2.29. The molecule has 1 aromatic carbocycles. The molecule has 0 spiro atoms. The zero-order valence-corrected chi connectivity index (χ0v) is 14.3. The van der Waals surface area contributed by atoms with Gasteiger partial charge in [-0.2, -0.15) is 0 Å². The Morgan fingerprint density at radius 2 is 1.90 bits per heavy atom. The molecule has 2 rings (SSSR count). The first kappa shape index (κ1) is 16.2. The second-order valence-corrected chi connectivity index (χ2v) is 7.11. The van der Waals surface area contributed by atoms with E-state index in [-0.39, 0.29) is 11.8 Å². The van der Waals surface area contributed by atoms with Crippen molar-refractivity contribution in [1.82, 2.24) is 4.90 Å². The van der Waals surface area contributed by atoms with Crippen LogP contribution >= 0.6 is 0 Å². The Balaban J connectivity index is 2.24. The quantitative estimate of drug-likeness (QED) is 0.775. The molecule has 1 aliphatic heterocycles. The van der Waals surface area contributed by atoms with E-state index >= 15 is 0 Å². The van der Waals surface area contributed by atoms with Crippen LogP contribution in [0.4, 0.5) is 0 Å². The monoisotopic (exact) mass is 287 g/mol. The number of benzene rings is 1. The van der Waals surface area contributed by atoms with Gasteiger partial charge in [0.25, 0.3) is 0 Å². The van der Waals surface area contributed by atoms with Gasteiger partial charge in [0.2, 0.25) is 0 Å². The fourth-order valence-electron chi connectivity index (χ4n) is 3.65. The average Bonchev–Trinajstić information content (AvgIpc) is 2.44. The molecule has 0 N–H and O–H groups in total. The molecule has 0 bridgehead atoms. The molecule has 1 heterocycles. The predicted molar refractivity (Wildman–Crippen MR) is 88.8 cm³/mol. The van der Waals surface area contributed by atoms with Crippen LogP contribution in [0, 0.1) is 25.7 Å². The van der Waals surface area contributed by atoms with Crippen LogP contribution in [0.1, 0.15) is 55.6 Å². The van der Waals surface area contributed by atoms with E-state index in [1.807, 2.05) is 13.0 Å². The lowest BCUT2D eigenvalue weighted by atomic mass is 9.84. The van der Waals surface area contributed by atoms with Crippen molar-refractivity contribution in [3.8, 4) is 0 Å². The van der Waals surface area contributed by atoms with Gasteiger partial charge in [0.1, 0.15) is 0 Å². The van der Waals surface area contributed by atoms with Gasteiger partial charge in [-0.25, -0.2) is 0 Å². The molecule has 1 aliphatic rings. The van der Waals surface area contributed by atoms with Crippen molar-refractivity contribution in [3.63, 3.8) is 0 Å². The largest absolute Gasteiger partial charge is 0.292 e. The summed E-state index contributed by atoms with van der Waals surface area (Å²) in [5.74, 6) is 1.59. The number of rotatable bonds is 3. The Morgan fingerprint density at radius 3 is 2.57 bits per heavy atom. The van der Waals surface area contributed by atoms with Crippen LogP contribution in [0.3, 0.4) is 0 Å². The average molecular weight is 287 g/mol. The van der Waals surface area contributed by atoms with Crippen LogP contribution in [-0.2, 0) is 0 Å². The molecule has 0 saturated carbocycles. The Kier molecular flexibility index (Phi) is 4.88. The summed E-state index contributed by atoms with van der Waals surface area (Å²) in [6.45, 7) is 14.1. The summed E-state index contributed by atoms with van der Waals surface area (Å²) in [7, 11) is 0. The molecule has 2 heteroatoms. The van der Waals surface area contributed by atoms with Gasteiger partial charge in [0.05, 0.1) is 6.04 Å². The fourth-order valence-corrected chi connectivity index (χ4v) is 3.65. The molecule has 1 fully saturated rings. The van der Waals surface area contributed by atoms with Gasteiger partial charge >= 0.3 is 0 Å². The number of hydrogen-bond acceptors (Lipinski definition) is 2. The summed E-state index contributed by atoms with van der Waals surface area (Å²) < 4.78 is 0. The van der Waals surface area contributed by atoms with E-state index in [2.05, 4.69) is 51.7 Å². The highest BCUT2D eigenvalue weighted by atomic mass is 16.1. The van der Waals surface area contributed by atoms with E-state index in [9.17, 15) is 4.79 Å². The van der Waals surface area contributed by atoms with Gasteiger partial charge in [-0.1, -0.05) is 31.5 Å². The molecule has 4 unspecified atom stereocenters. The normalized spacial score (nSPS) is 28.4. The Morgan fingerprint density at radius 1 is 1.24 bits per heavy atom. The molecule has 1 saturated heterocycles. The van der Waals surface area contributed by atoms with Crippen LogP contribution in [-0.4, -0.2) is 29.3 Å². The molecule has 0 aliphatic carbocycles. The third-order valence-electron chi connectivity index (χ3n) is 5.18. The van der Waals surface area contributed by atoms with Gasteiger partial charge in [0.15, 0.2) is 5.78 Å². The molecule has 116 valence electrons. The summed E-state index contributed by atoms with van der Waals surface area (Å²) in [5.41, 5.74) is 3.13. The first-order valence-electron chi connectivity index (χ1n) is 8.18. The number of carbonyl (C=O) groups excluding carboxylic acids is 1. The van der Waals surface area contributed by atoms with Crippen LogP contribution in [0.5, 0.6) is 0 Å². The smallest absolute Gasteiger partial charge is 0.179 e. The third-order valence-corrected chi connectivity index (χ3v) is 5.18.